The monoisotopic (exact) mass is 320 g/mol. The van der Waals surface area contributed by atoms with Crippen LogP contribution < -0.4 is 0 Å². The lowest BCUT2D eigenvalue weighted by atomic mass is 9.83. The van der Waals surface area contributed by atoms with Crippen LogP contribution in [-0.4, -0.2) is 39.7 Å². The molecule has 5 nitrogen and oxygen atoms in total. The standard InChI is InChI=1S/C18H28N2O3/c1-12-7-3-5-9-14(12)19-16(21)11-17(22)20(18(19)23)15-10-6-4-8-13(15)2/h12-15H,3-11H2,1-2H3. The normalized spacial score (nSPS) is 36.5. The minimum atomic E-state index is -0.344. The summed E-state index contributed by atoms with van der Waals surface area (Å²) >= 11 is 0. The zero-order chi connectivity index (χ0) is 16.6. The van der Waals surface area contributed by atoms with E-state index in [-0.39, 0.29) is 36.3 Å². The molecular weight excluding hydrogens is 292 g/mol. The number of hydrogen-bond donors (Lipinski definition) is 0. The molecule has 4 amide bonds. The second-order valence-corrected chi connectivity index (χ2v) is 7.65. The maximum Gasteiger partial charge on any atom is 0.333 e. The van der Waals surface area contributed by atoms with E-state index in [1.54, 1.807) is 0 Å². The highest BCUT2D eigenvalue weighted by Gasteiger charge is 2.47. The summed E-state index contributed by atoms with van der Waals surface area (Å²) in [7, 11) is 0. The van der Waals surface area contributed by atoms with Gasteiger partial charge >= 0.3 is 6.03 Å². The van der Waals surface area contributed by atoms with E-state index >= 15 is 0 Å². The molecular formula is C18H28N2O3. The average molecular weight is 320 g/mol. The van der Waals surface area contributed by atoms with Crippen molar-refractivity contribution in [1.29, 1.82) is 0 Å². The molecule has 3 fully saturated rings. The van der Waals surface area contributed by atoms with Crippen molar-refractivity contribution in [2.24, 2.45) is 11.8 Å². The smallest absolute Gasteiger partial charge is 0.274 e. The summed E-state index contributed by atoms with van der Waals surface area (Å²) in [4.78, 5) is 40.8. The molecule has 23 heavy (non-hydrogen) atoms. The van der Waals surface area contributed by atoms with Gasteiger partial charge in [0.2, 0.25) is 11.8 Å². The molecule has 3 aliphatic rings. The van der Waals surface area contributed by atoms with Crippen LogP contribution in [0.3, 0.4) is 0 Å². The van der Waals surface area contributed by atoms with Crippen LogP contribution in [0.5, 0.6) is 0 Å². The van der Waals surface area contributed by atoms with Crippen LogP contribution in [-0.2, 0) is 9.59 Å². The van der Waals surface area contributed by atoms with Crippen LogP contribution in [0.1, 0.15) is 71.6 Å². The lowest BCUT2D eigenvalue weighted by molar-refractivity contribution is -0.147. The van der Waals surface area contributed by atoms with Gasteiger partial charge in [0.05, 0.1) is 0 Å². The van der Waals surface area contributed by atoms with Gasteiger partial charge in [-0.1, -0.05) is 39.5 Å². The first-order valence-electron chi connectivity index (χ1n) is 9.18. The number of barbiturate groups is 1. The van der Waals surface area contributed by atoms with E-state index in [0.29, 0.717) is 11.8 Å². The maximum absolute atomic E-state index is 13.0. The van der Waals surface area contributed by atoms with Crippen LogP contribution in [0, 0.1) is 11.8 Å². The van der Waals surface area contributed by atoms with E-state index < -0.39 is 0 Å². The van der Waals surface area contributed by atoms with Gasteiger partial charge in [-0.25, -0.2) is 4.79 Å². The number of rotatable bonds is 2. The number of carbonyl (C=O) groups excluding carboxylic acids is 3. The number of hydrogen-bond acceptors (Lipinski definition) is 3. The van der Waals surface area contributed by atoms with Crippen molar-refractivity contribution in [3.05, 3.63) is 0 Å². The van der Waals surface area contributed by atoms with Crippen LogP contribution in [0.4, 0.5) is 4.79 Å². The first-order chi connectivity index (χ1) is 11.0. The molecule has 2 aliphatic carbocycles. The van der Waals surface area contributed by atoms with E-state index in [0.717, 1.165) is 51.4 Å². The SMILES string of the molecule is CC1CCCCC1N1C(=O)CC(=O)N(C2CCCCC2C)C1=O. The molecule has 0 aromatic carbocycles. The van der Waals surface area contributed by atoms with Crippen molar-refractivity contribution in [2.75, 3.05) is 0 Å². The molecule has 2 saturated carbocycles. The molecule has 0 radical (unpaired) electrons. The van der Waals surface area contributed by atoms with Crippen molar-refractivity contribution >= 4 is 17.8 Å². The lowest BCUT2D eigenvalue weighted by Crippen LogP contribution is -2.63. The van der Waals surface area contributed by atoms with Crippen molar-refractivity contribution in [2.45, 2.75) is 83.7 Å². The lowest BCUT2D eigenvalue weighted by Gasteiger charge is -2.45. The highest BCUT2D eigenvalue weighted by atomic mass is 16.2. The Morgan fingerprint density at radius 1 is 0.696 bits per heavy atom. The van der Waals surface area contributed by atoms with E-state index in [9.17, 15) is 14.4 Å². The Kier molecular flexibility index (Phi) is 4.74. The van der Waals surface area contributed by atoms with Gasteiger partial charge in [0, 0.05) is 12.1 Å². The van der Waals surface area contributed by atoms with Crippen molar-refractivity contribution < 1.29 is 14.4 Å². The molecule has 0 aromatic rings. The number of amides is 4. The third-order valence-electron chi connectivity index (χ3n) is 6.05. The van der Waals surface area contributed by atoms with Gasteiger partial charge < -0.3 is 0 Å². The molecule has 0 spiro atoms. The topological polar surface area (TPSA) is 57.7 Å². The molecule has 4 atom stereocenters. The third-order valence-corrected chi connectivity index (χ3v) is 6.05. The molecule has 1 saturated heterocycles. The van der Waals surface area contributed by atoms with E-state index in [2.05, 4.69) is 13.8 Å². The van der Waals surface area contributed by atoms with Crippen LogP contribution in [0.25, 0.3) is 0 Å². The number of urea groups is 1. The highest BCUT2D eigenvalue weighted by Crippen LogP contribution is 2.34. The Morgan fingerprint density at radius 3 is 1.48 bits per heavy atom. The first-order valence-corrected chi connectivity index (χ1v) is 9.18. The molecule has 4 unspecified atom stereocenters. The second kappa shape index (κ2) is 6.62. The molecule has 1 heterocycles. The Hall–Kier alpha value is -1.39. The first kappa shape index (κ1) is 16.5. The summed E-state index contributed by atoms with van der Waals surface area (Å²) < 4.78 is 0. The van der Waals surface area contributed by atoms with Gasteiger partial charge in [-0.3, -0.25) is 19.4 Å². The van der Waals surface area contributed by atoms with Crippen molar-refractivity contribution in [1.82, 2.24) is 9.80 Å². The summed E-state index contributed by atoms with van der Waals surface area (Å²) in [5, 5.41) is 0. The summed E-state index contributed by atoms with van der Waals surface area (Å²) in [6.45, 7) is 4.24. The number of carbonyl (C=O) groups is 3. The van der Waals surface area contributed by atoms with Gasteiger partial charge in [0.15, 0.2) is 0 Å². The fraction of sp³-hybridized carbons (Fsp3) is 0.833. The predicted octanol–water partition coefficient (Wildman–Crippen LogP) is 3.32. The molecule has 0 bridgehead atoms. The fourth-order valence-corrected chi connectivity index (χ4v) is 4.64. The molecule has 0 N–H and O–H groups in total. The zero-order valence-electron chi connectivity index (χ0n) is 14.3. The molecule has 1 aliphatic heterocycles. The fourth-order valence-electron chi connectivity index (χ4n) is 4.64. The summed E-state index contributed by atoms with van der Waals surface area (Å²) in [6.07, 6.45) is 8.15. The minimum Gasteiger partial charge on any atom is -0.274 e. The highest BCUT2D eigenvalue weighted by molar-refractivity contribution is 6.14. The Morgan fingerprint density at radius 2 is 1.09 bits per heavy atom. The van der Waals surface area contributed by atoms with Gasteiger partial charge in [-0.2, -0.15) is 0 Å². The minimum absolute atomic E-state index is 0.0294. The zero-order valence-corrected chi connectivity index (χ0v) is 14.3. The van der Waals surface area contributed by atoms with Gasteiger partial charge in [0.25, 0.3) is 0 Å². The number of nitrogens with zero attached hydrogens (tertiary/aromatic N) is 2. The van der Waals surface area contributed by atoms with Gasteiger partial charge in [0.1, 0.15) is 6.42 Å². The second-order valence-electron chi connectivity index (χ2n) is 7.65. The van der Waals surface area contributed by atoms with E-state index in [4.69, 9.17) is 0 Å². The predicted molar refractivity (Wildman–Crippen MR) is 86.5 cm³/mol. The Balaban J connectivity index is 1.84. The summed E-state index contributed by atoms with van der Waals surface area (Å²) in [5.74, 6) is 0.0721. The molecule has 0 aromatic heterocycles. The van der Waals surface area contributed by atoms with Crippen LogP contribution >= 0.6 is 0 Å². The van der Waals surface area contributed by atoms with Gasteiger partial charge in [-0.15, -0.1) is 0 Å². The Labute approximate surface area is 138 Å². The summed E-state index contributed by atoms with van der Waals surface area (Å²) in [5.41, 5.74) is 0. The Bertz CT molecular complexity index is 462. The largest absolute Gasteiger partial charge is 0.333 e. The molecule has 5 heteroatoms. The summed E-state index contributed by atoms with van der Waals surface area (Å²) in [6, 6.07) is -0.403. The van der Waals surface area contributed by atoms with Crippen LogP contribution in [0.2, 0.25) is 0 Å². The van der Waals surface area contributed by atoms with E-state index in [1.807, 2.05) is 0 Å². The maximum atomic E-state index is 13.0. The van der Waals surface area contributed by atoms with Gasteiger partial charge in [-0.05, 0) is 37.5 Å². The van der Waals surface area contributed by atoms with Crippen molar-refractivity contribution in [3.8, 4) is 0 Å². The molecule has 3 rings (SSSR count). The molecule has 128 valence electrons. The van der Waals surface area contributed by atoms with Crippen LogP contribution in [0.15, 0.2) is 0 Å². The quantitative estimate of drug-likeness (QED) is 0.733. The third kappa shape index (κ3) is 3.02. The van der Waals surface area contributed by atoms with E-state index in [1.165, 1.54) is 9.80 Å². The number of imide groups is 2. The van der Waals surface area contributed by atoms with Crippen molar-refractivity contribution in [3.63, 3.8) is 0 Å². The average Bonchev–Trinajstić information content (AvgIpc) is 2.50.